The fourth-order valence-electron chi connectivity index (χ4n) is 2.80. The van der Waals surface area contributed by atoms with Gasteiger partial charge >= 0.3 is 0 Å². The summed E-state index contributed by atoms with van der Waals surface area (Å²) in [6, 6.07) is 2.93. The minimum absolute atomic E-state index is 0.127. The van der Waals surface area contributed by atoms with Crippen molar-refractivity contribution in [3.8, 4) is 0 Å². The summed E-state index contributed by atoms with van der Waals surface area (Å²) in [5.74, 6) is 2.13. The zero-order valence-corrected chi connectivity index (χ0v) is 13.8. The highest BCUT2D eigenvalue weighted by Gasteiger charge is 2.20. The lowest BCUT2D eigenvalue weighted by atomic mass is 10.0. The van der Waals surface area contributed by atoms with Gasteiger partial charge in [-0.3, -0.25) is 4.90 Å². The highest BCUT2D eigenvalue weighted by Crippen LogP contribution is 2.22. The third-order valence-electron chi connectivity index (χ3n) is 4.18. The number of rotatable bonds is 4. The molecule has 0 aromatic carbocycles. The van der Waals surface area contributed by atoms with Gasteiger partial charge in [-0.05, 0) is 60.1 Å². The molecule has 0 bridgehead atoms. The minimum Gasteiger partial charge on any atom is -0.465 e. The van der Waals surface area contributed by atoms with Crippen molar-refractivity contribution in [1.82, 2.24) is 10.2 Å². The SMILES string of the molecule is Cc1oc(CNC(C)(C)C)cc1CN1CCCCC1C. The molecule has 0 amide bonds. The first-order valence-corrected chi connectivity index (χ1v) is 7.92. The summed E-state index contributed by atoms with van der Waals surface area (Å²) in [5.41, 5.74) is 1.48. The molecule has 2 rings (SSSR count). The molecule has 0 saturated carbocycles. The number of hydrogen-bond donors (Lipinski definition) is 1. The van der Waals surface area contributed by atoms with Crippen LogP contribution < -0.4 is 5.32 Å². The van der Waals surface area contributed by atoms with E-state index in [1.807, 2.05) is 0 Å². The van der Waals surface area contributed by atoms with Gasteiger partial charge in [-0.25, -0.2) is 0 Å². The van der Waals surface area contributed by atoms with Crippen LogP contribution in [0.1, 0.15) is 64.0 Å². The molecule has 0 spiro atoms. The Bertz CT molecular complexity index is 431. The van der Waals surface area contributed by atoms with Crippen LogP contribution in [0.3, 0.4) is 0 Å². The maximum Gasteiger partial charge on any atom is 0.118 e. The van der Waals surface area contributed by atoms with Gasteiger partial charge in [0.2, 0.25) is 0 Å². The molecule has 114 valence electrons. The first kappa shape index (κ1) is 15.6. The molecule has 1 fully saturated rings. The maximum atomic E-state index is 5.90. The van der Waals surface area contributed by atoms with Crippen molar-refractivity contribution in [3.63, 3.8) is 0 Å². The Hall–Kier alpha value is -0.800. The Labute approximate surface area is 123 Å². The number of furan rings is 1. The third-order valence-corrected chi connectivity index (χ3v) is 4.18. The van der Waals surface area contributed by atoms with E-state index in [0.29, 0.717) is 6.04 Å². The lowest BCUT2D eigenvalue weighted by Gasteiger charge is -2.33. The van der Waals surface area contributed by atoms with E-state index in [2.05, 4.69) is 50.9 Å². The molecular formula is C17H30N2O. The van der Waals surface area contributed by atoms with Crippen LogP contribution in [0.5, 0.6) is 0 Å². The fourth-order valence-corrected chi connectivity index (χ4v) is 2.80. The molecule has 1 aromatic heterocycles. The normalized spacial score (nSPS) is 21.4. The average molecular weight is 278 g/mol. The van der Waals surface area contributed by atoms with E-state index in [0.717, 1.165) is 24.6 Å². The Morgan fingerprint density at radius 3 is 2.75 bits per heavy atom. The molecule has 1 saturated heterocycles. The largest absolute Gasteiger partial charge is 0.465 e. The van der Waals surface area contributed by atoms with Gasteiger partial charge in [-0.15, -0.1) is 0 Å². The summed E-state index contributed by atoms with van der Waals surface area (Å²) in [6.45, 7) is 14.0. The summed E-state index contributed by atoms with van der Waals surface area (Å²) in [5, 5.41) is 3.48. The standard InChI is InChI=1S/C17H30N2O/c1-13-8-6-7-9-19(13)12-15-10-16(20-14(15)2)11-18-17(3,4)5/h10,13,18H,6-9,11-12H2,1-5H3. The van der Waals surface area contributed by atoms with Crippen molar-refractivity contribution >= 4 is 0 Å². The van der Waals surface area contributed by atoms with Crippen LogP contribution >= 0.6 is 0 Å². The van der Waals surface area contributed by atoms with Crippen LogP contribution in [0.25, 0.3) is 0 Å². The monoisotopic (exact) mass is 278 g/mol. The second kappa shape index (κ2) is 6.31. The molecule has 0 aliphatic carbocycles. The topological polar surface area (TPSA) is 28.4 Å². The fraction of sp³-hybridized carbons (Fsp3) is 0.765. The number of nitrogens with zero attached hydrogens (tertiary/aromatic N) is 1. The van der Waals surface area contributed by atoms with E-state index in [1.54, 1.807) is 0 Å². The van der Waals surface area contributed by atoms with Crippen LogP contribution in [0.4, 0.5) is 0 Å². The van der Waals surface area contributed by atoms with Gasteiger partial charge in [-0.2, -0.15) is 0 Å². The van der Waals surface area contributed by atoms with Crippen LogP contribution in [0.2, 0.25) is 0 Å². The Kier molecular flexibility index (Phi) is 4.92. The molecule has 0 radical (unpaired) electrons. The number of hydrogen-bond acceptors (Lipinski definition) is 3. The molecule has 1 aromatic rings. The van der Waals surface area contributed by atoms with Gasteiger partial charge in [0.15, 0.2) is 0 Å². The van der Waals surface area contributed by atoms with Crippen molar-refractivity contribution in [2.24, 2.45) is 0 Å². The second-order valence-electron chi connectivity index (χ2n) is 7.21. The van der Waals surface area contributed by atoms with Gasteiger partial charge in [0.25, 0.3) is 0 Å². The molecule has 1 unspecified atom stereocenters. The number of nitrogens with one attached hydrogen (secondary N) is 1. The first-order valence-electron chi connectivity index (χ1n) is 7.92. The highest BCUT2D eigenvalue weighted by molar-refractivity contribution is 5.21. The Balaban J connectivity index is 1.96. The molecule has 1 aliphatic rings. The molecular weight excluding hydrogens is 248 g/mol. The molecule has 3 nitrogen and oxygen atoms in total. The molecule has 1 atom stereocenters. The van der Waals surface area contributed by atoms with E-state index in [9.17, 15) is 0 Å². The number of aryl methyl sites for hydroxylation is 1. The smallest absolute Gasteiger partial charge is 0.118 e. The minimum atomic E-state index is 0.127. The Morgan fingerprint density at radius 1 is 1.35 bits per heavy atom. The molecule has 2 heterocycles. The van der Waals surface area contributed by atoms with E-state index >= 15 is 0 Å². The average Bonchev–Trinajstić information content (AvgIpc) is 2.70. The predicted octanol–water partition coefficient (Wildman–Crippen LogP) is 3.85. The molecule has 20 heavy (non-hydrogen) atoms. The summed E-state index contributed by atoms with van der Waals surface area (Å²) >= 11 is 0. The zero-order chi connectivity index (χ0) is 14.8. The predicted molar refractivity (Wildman–Crippen MR) is 83.8 cm³/mol. The van der Waals surface area contributed by atoms with Crippen molar-refractivity contribution in [1.29, 1.82) is 0 Å². The van der Waals surface area contributed by atoms with Gasteiger partial charge in [0, 0.05) is 23.7 Å². The summed E-state index contributed by atoms with van der Waals surface area (Å²) in [4.78, 5) is 2.59. The summed E-state index contributed by atoms with van der Waals surface area (Å²) < 4.78 is 5.90. The van der Waals surface area contributed by atoms with E-state index in [4.69, 9.17) is 4.42 Å². The van der Waals surface area contributed by atoms with Gasteiger partial charge in [0.1, 0.15) is 11.5 Å². The molecule has 3 heteroatoms. The van der Waals surface area contributed by atoms with Crippen molar-refractivity contribution < 1.29 is 4.42 Å². The highest BCUT2D eigenvalue weighted by atomic mass is 16.3. The Morgan fingerprint density at radius 2 is 2.10 bits per heavy atom. The lowest BCUT2D eigenvalue weighted by molar-refractivity contribution is 0.152. The van der Waals surface area contributed by atoms with Crippen LogP contribution in [0, 0.1) is 6.92 Å². The van der Waals surface area contributed by atoms with E-state index in [1.165, 1.54) is 31.4 Å². The molecule has 1 N–H and O–H groups in total. The third kappa shape index (κ3) is 4.35. The summed E-state index contributed by atoms with van der Waals surface area (Å²) in [6.07, 6.45) is 4.04. The number of piperidine rings is 1. The first-order chi connectivity index (χ1) is 9.35. The number of likely N-dealkylation sites (tertiary alicyclic amines) is 1. The van der Waals surface area contributed by atoms with Gasteiger partial charge in [0.05, 0.1) is 6.54 Å². The zero-order valence-electron chi connectivity index (χ0n) is 13.8. The summed E-state index contributed by atoms with van der Waals surface area (Å²) in [7, 11) is 0. The van der Waals surface area contributed by atoms with Crippen LogP contribution in [0.15, 0.2) is 10.5 Å². The molecule has 1 aliphatic heterocycles. The quantitative estimate of drug-likeness (QED) is 0.907. The lowest BCUT2D eigenvalue weighted by Crippen LogP contribution is -2.36. The second-order valence-corrected chi connectivity index (χ2v) is 7.21. The van der Waals surface area contributed by atoms with E-state index < -0.39 is 0 Å². The maximum absolute atomic E-state index is 5.90. The van der Waals surface area contributed by atoms with Crippen LogP contribution in [-0.2, 0) is 13.1 Å². The van der Waals surface area contributed by atoms with Crippen molar-refractivity contribution in [2.45, 2.75) is 78.6 Å². The van der Waals surface area contributed by atoms with Gasteiger partial charge < -0.3 is 9.73 Å². The van der Waals surface area contributed by atoms with Gasteiger partial charge in [-0.1, -0.05) is 6.42 Å². The van der Waals surface area contributed by atoms with Crippen molar-refractivity contribution in [2.75, 3.05) is 6.54 Å². The van der Waals surface area contributed by atoms with Crippen molar-refractivity contribution in [3.05, 3.63) is 23.2 Å². The van der Waals surface area contributed by atoms with Crippen LogP contribution in [-0.4, -0.2) is 23.0 Å². The van der Waals surface area contributed by atoms with E-state index in [-0.39, 0.29) is 5.54 Å².